The lowest BCUT2D eigenvalue weighted by molar-refractivity contribution is -0.145. The van der Waals surface area contributed by atoms with Crippen molar-refractivity contribution in [1.82, 2.24) is 4.90 Å². The molecule has 0 spiro atoms. The van der Waals surface area contributed by atoms with Crippen molar-refractivity contribution in [3.8, 4) is 0 Å². The van der Waals surface area contributed by atoms with Crippen LogP contribution in [0.25, 0.3) is 0 Å². The number of amides is 2. The van der Waals surface area contributed by atoms with Gasteiger partial charge in [0.05, 0.1) is 0 Å². The monoisotopic (exact) mass is 302 g/mol. The fourth-order valence-corrected chi connectivity index (χ4v) is 2.96. The Labute approximate surface area is 132 Å². The topological polar surface area (TPSA) is 49.4 Å². The summed E-state index contributed by atoms with van der Waals surface area (Å²) in [5, 5.41) is 2.72. The van der Waals surface area contributed by atoms with E-state index in [4.69, 9.17) is 0 Å². The van der Waals surface area contributed by atoms with Crippen molar-refractivity contribution in [2.75, 3.05) is 11.9 Å². The summed E-state index contributed by atoms with van der Waals surface area (Å²) in [6.07, 6.45) is 4.03. The fraction of sp³-hybridized carbons (Fsp3) is 0.556. The number of hydrogen-bond acceptors (Lipinski definition) is 2. The Hall–Kier alpha value is -1.84. The number of carbonyl (C=O) groups excluding carboxylic acids is 2. The van der Waals surface area contributed by atoms with Crippen LogP contribution in [0.1, 0.15) is 57.9 Å². The number of piperidine rings is 1. The molecule has 0 radical (unpaired) electrons. The molecule has 1 atom stereocenters. The Bertz CT molecular complexity index is 522. The molecule has 4 nitrogen and oxygen atoms in total. The largest absolute Gasteiger partial charge is 0.331 e. The minimum absolute atomic E-state index is 0.204. The molecule has 1 heterocycles. The molecule has 0 aliphatic carbocycles. The molecule has 1 saturated heterocycles. The van der Waals surface area contributed by atoms with Crippen LogP contribution in [-0.4, -0.2) is 29.3 Å². The first-order valence-electron chi connectivity index (χ1n) is 8.24. The first-order chi connectivity index (χ1) is 10.5. The number of hydrogen-bond donors (Lipinski definition) is 1. The van der Waals surface area contributed by atoms with E-state index >= 15 is 0 Å². The van der Waals surface area contributed by atoms with Gasteiger partial charge in [0.2, 0.25) is 0 Å². The Morgan fingerprint density at radius 3 is 2.50 bits per heavy atom. The van der Waals surface area contributed by atoms with Gasteiger partial charge in [-0.15, -0.1) is 0 Å². The van der Waals surface area contributed by atoms with Crippen molar-refractivity contribution in [3.63, 3.8) is 0 Å². The van der Waals surface area contributed by atoms with E-state index in [-0.39, 0.29) is 6.04 Å². The van der Waals surface area contributed by atoms with E-state index in [1.54, 1.807) is 4.90 Å². The van der Waals surface area contributed by atoms with Crippen molar-refractivity contribution in [3.05, 3.63) is 29.8 Å². The van der Waals surface area contributed by atoms with Crippen LogP contribution in [0.5, 0.6) is 0 Å². The zero-order valence-electron chi connectivity index (χ0n) is 13.8. The average molecular weight is 302 g/mol. The number of rotatable bonds is 3. The Kier molecular flexibility index (Phi) is 5.58. The van der Waals surface area contributed by atoms with Gasteiger partial charge >= 0.3 is 11.8 Å². The molecule has 1 unspecified atom stereocenters. The van der Waals surface area contributed by atoms with E-state index in [9.17, 15) is 9.59 Å². The molecular formula is C18H26N2O2. The van der Waals surface area contributed by atoms with Crippen molar-refractivity contribution >= 4 is 17.5 Å². The normalized spacial score (nSPS) is 18.4. The van der Waals surface area contributed by atoms with Gasteiger partial charge in [0.15, 0.2) is 0 Å². The van der Waals surface area contributed by atoms with Gasteiger partial charge in [0, 0.05) is 18.3 Å². The highest BCUT2D eigenvalue weighted by atomic mass is 16.2. The number of anilines is 1. The number of nitrogens with one attached hydrogen (secondary N) is 1. The van der Waals surface area contributed by atoms with Crippen molar-refractivity contribution in [1.29, 1.82) is 0 Å². The summed E-state index contributed by atoms with van der Waals surface area (Å²) in [7, 11) is 0. The number of likely N-dealkylation sites (tertiary alicyclic amines) is 1. The van der Waals surface area contributed by atoms with Crippen LogP contribution in [0.3, 0.4) is 0 Å². The maximum absolute atomic E-state index is 12.4. The van der Waals surface area contributed by atoms with Crippen LogP contribution in [-0.2, 0) is 9.59 Å². The average Bonchev–Trinajstić information content (AvgIpc) is 2.54. The molecule has 2 rings (SSSR count). The molecule has 1 N–H and O–H groups in total. The van der Waals surface area contributed by atoms with E-state index in [0.29, 0.717) is 18.2 Å². The SMILES string of the molecule is CCC1CCCCN1C(=O)C(=O)Nc1ccc(C(C)C)cc1. The molecule has 4 heteroatoms. The number of carbonyl (C=O) groups is 2. The molecule has 1 fully saturated rings. The van der Waals surface area contributed by atoms with Crippen molar-refractivity contribution in [2.24, 2.45) is 0 Å². The first-order valence-corrected chi connectivity index (χ1v) is 8.24. The van der Waals surface area contributed by atoms with Gasteiger partial charge < -0.3 is 10.2 Å². The summed E-state index contributed by atoms with van der Waals surface area (Å²) in [6, 6.07) is 7.89. The summed E-state index contributed by atoms with van der Waals surface area (Å²) in [4.78, 5) is 26.3. The lowest BCUT2D eigenvalue weighted by Crippen LogP contribution is -2.48. The molecular weight excluding hydrogens is 276 g/mol. The quantitative estimate of drug-likeness (QED) is 0.868. The van der Waals surface area contributed by atoms with Gasteiger partial charge in [0.25, 0.3) is 0 Å². The molecule has 120 valence electrons. The van der Waals surface area contributed by atoms with Crippen LogP contribution in [0.2, 0.25) is 0 Å². The molecule has 0 aromatic heterocycles. The van der Waals surface area contributed by atoms with E-state index in [1.807, 2.05) is 24.3 Å². The molecule has 1 aromatic carbocycles. The van der Waals surface area contributed by atoms with Gasteiger partial charge in [-0.3, -0.25) is 9.59 Å². The van der Waals surface area contributed by atoms with Gasteiger partial charge in [-0.05, 0) is 49.3 Å². The summed E-state index contributed by atoms with van der Waals surface area (Å²) in [5.41, 5.74) is 1.89. The predicted octanol–water partition coefficient (Wildman–Crippen LogP) is 3.54. The summed E-state index contributed by atoms with van der Waals surface area (Å²) in [5.74, 6) is -0.484. The third kappa shape index (κ3) is 3.87. The molecule has 1 aliphatic heterocycles. The molecule has 1 aliphatic rings. The van der Waals surface area contributed by atoms with Crippen LogP contribution in [0, 0.1) is 0 Å². The van der Waals surface area contributed by atoms with Crippen molar-refractivity contribution < 1.29 is 9.59 Å². The van der Waals surface area contributed by atoms with Crippen LogP contribution in [0.4, 0.5) is 5.69 Å². The first kappa shape index (κ1) is 16.5. The maximum atomic E-state index is 12.4. The second-order valence-electron chi connectivity index (χ2n) is 6.29. The number of nitrogens with zero attached hydrogens (tertiary/aromatic N) is 1. The number of benzene rings is 1. The molecule has 1 aromatic rings. The smallest absolute Gasteiger partial charge is 0.313 e. The highest BCUT2D eigenvalue weighted by Crippen LogP contribution is 2.20. The molecule has 22 heavy (non-hydrogen) atoms. The Morgan fingerprint density at radius 2 is 1.91 bits per heavy atom. The molecule has 0 saturated carbocycles. The van der Waals surface area contributed by atoms with E-state index in [1.165, 1.54) is 5.56 Å². The van der Waals surface area contributed by atoms with Gasteiger partial charge in [0.1, 0.15) is 0 Å². The summed E-state index contributed by atoms with van der Waals surface area (Å²) in [6.45, 7) is 7.01. The predicted molar refractivity (Wildman–Crippen MR) is 88.8 cm³/mol. The zero-order chi connectivity index (χ0) is 16.1. The summed E-state index contributed by atoms with van der Waals surface area (Å²) >= 11 is 0. The van der Waals surface area contributed by atoms with Crippen LogP contribution < -0.4 is 5.32 Å². The van der Waals surface area contributed by atoms with E-state index in [2.05, 4.69) is 26.1 Å². The van der Waals surface area contributed by atoms with Gasteiger partial charge in [-0.25, -0.2) is 0 Å². The highest BCUT2D eigenvalue weighted by Gasteiger charge is 2.29. The van der Waals surface area contributed by atoms with E-state index in [0.717, 1.165) is 25.7 Å². The standard InChI is InChI=1S/C18H26N2O2/c1-4-16-7-5-6-12-20(16)18(22)17(21)19-15-10-8-14(9-11-15)13(2)3/h8-11,13,16H,4-7,12H2,1-3H3,(H,19,21). The molecule has 2 amide bonds. The second-order valence-corrected chi connectivity index (χ2v) is 6.29. The lowest BCUT2D eigenvalue weighted by atomic mass is 10.00. The van der Waals surface area contributed by atoms with Gasteiger partial charge in [-0.2, -0.15) is 0 Å². The van der Waals surface area contributed by atoms with Crippen molar-refractivity contribution in [2.45, 2.75) is 58.4 Å². The summed E-state index contributed by atoms with van der Waals surface area (Å²) < 4.78 is 0. The maximum Gasteiger partial charge on any atom is 0.313 e. The fourth-order valence-electron chi connectivity index (χ4n) is 2.96. The third-order valence-electron chi connectivity index (χ3n) is 4.39. The van der Waals surface area contributed by atoms with Crippen LogP contribution >= 0.6 is 0 Å². The Morgan fingerprint density at radius 1 is 1.23 bits per heavy atom. The van der Waals surface area contributed by atoms with E-state index < -0.39 is 11.8 Å². The minimum Gasteiger partial charge on any atom is -0.331 e. The molecule has 0 bridgehead atoms. The zero-order valence-corrected chi connectivity index (χ0v) is 13.8. The highest BCUT2D eigenvalue weighted by molar-refractivity contribution is 6.39. The van der Waals surface area contributed by atoms with Crippen LogP contribution in [0.15, 0.2) is 24.3 Å². The van der Waals surface area contributed by atoms with Gasteiger partial charge in [-0.1, -0.05) is 32.9 Å². The Balaban J connectivity index is 2.00. The minimum atomic E-state index is -0.530. The lowest BCUT2D eigenvalue weighted by Gasteiger charge is -2.34. The second kappa shape index (κ2) is 7.43. The third-order valence-corrected chi connectivity index (χ3v) is 4.39.